The molecule has 18 heavy (non-hydrogen) atoms. The molecule has 1 aromatic carbocycles. The summed E-state index contributed by atoms with van der Waals surface area (Å²) in [5.41, 5.74) is 0.284. The van der Waals surface area contributed by atoms with Crippen molar-refractivity contribution in [3.05, 3.63) is 40.8 Å². The summed E-state index contributed by atoms with van der Waals surface area (Å²) in [7, 11) is 0. The van der Waals surface area contributed by atoms with Gasteiger partial charge in [-0.05, 0) is 18.9 Å². The molecule has 1 aromatic heterocycles. The molecule has 0 radical (unpaired) electrons. The van der Waals surface area contributed by atoms with Crippen LogP contribution in [0, 0.1) is 5.82 Å². The molecule has 1 N–H and O–H groups in total. The number of benzene rings is 1. The zero-order chi connectivity index (χ0) is 12.7. The van der Waals surface area contributed by atoms with Crippen molar-refractivity contribution in [2.75, 3.05) is 0 Å². The monoisotopic (exact) mass is 263 g/mol. The summed E-state index contributed by atoms with van der Waals surface area (Å²) in [6.07, 6.45) is 2.09. The molecule has 92 valence electrons. The molecule has 0 spiro atoms. The Labute approximate surface area is 107 Å². The van der Waals surface area contributed by atoms with E-state index in [-0.39, 0.29) is 5.69 Å². The summed E-state index contributed by atoms with van der Waals surface area (Å²) in [5.74, 6) is -1.14. The van der Waals surface area contributed by atoms with Gasteiger partial charge in [0.2, 0.25) is 0 Å². The van der Waals surface area contributed by atoms with Gasteiger partial charge in [-0.25, -0.2) is 14.2 Å². The fraction of sp³-hybridized carbons (Fsp3) is 0.231. The third-order valence-corrected chi connectivity index (χ3v) is 4.14. The first-order valence-corrected chi connectivity index (χ1v) is 6.47. The second-order valence-corrected chi connectivity index (χ2v) is 5.32. The molecule has 2 aromatic rings. The van der Waals surface area contributed by atoms with E-state index in [9.17, 15) is 9.18 Å². The van der Waals surface area contributed by atoms with Gasteiger partial charge in [0.15, 0.2) is 5.69 Å². The van der Waals surface area contributed by atoms with Crippen molar-refractivity contribution in [3.8, 4) is 10.4 Å². The van der Waals surface area contributed by atoms with Gasteiger partial charge in [-0.1, -0.05) is 18.2 Å². The Hall–Kier alpha value is -1.75. The van der Waals surface area contributed by atoms with Gasteiger partial charge in [-0.15, -0.1) is 11.3 Å². The lowest BCUT2D eigenvalue weighted by Crippen LogP contribution is -1.99. The first-order chi connectivity index (χ1) is 8.66. The number of thiazole rings is 1. The van der Waals surface area contributed by atoms with Gasteiger partial charge >= 0.3 is 5.97 Å². The molecular formula is C13H10FNO2S. The molecule has 1 aliphatic rings. The van der Waals surface area contributed by atoms with Crippen LogP contribution in [0.4, 0.5) is 4.39 Å². The molecule has 1 fully saturated rings. The lowest BCUT2D eigenvalue weighted by Gasteiger charge is -2.00. The molecule has 1 saturated carbocycles. The summed E-state index contributed by atoms with van der Waals surface area (Å²) in [6, 6.07) is 6.20. The topological polar surface area (TPSA) is 50.2 Å². The molecule has 3 rings (SSSR count). The van der Waals surface area contributed by atoms with Crippen LogP contribution in [0.25, 0.3) is 10.4 Å². The molecule has 0 amide bonds. The van der Waals surface area contributed by atoms with Crippen LogP contribution in [0.1, 0.15) is 34.3 Å². The molecule has 5 heteroatoms. The van der Waals surface area contributed by atoms with Gasteiger partial charge in [0, 0.05) is 11.5 Å². The van der Waals surface area contributed by atoms with E-state index in [1.807, 2.05) is 0 Å². The quantitative estimate of drug-likeness (QED) is 0.921. The maximum Gasteiger partial charge on any atom is 0.356 e. The maximum absolute atomic E-state index is 13.7. The number of carbonyl (C=O) groups is 1. The third-order valence-electron chi connectivity index (χ3n) is 2.89. The van der Waals surface area contributed by atoms with Crippen LogP contribution < -0.4 is 0 Å². The van der Waals surface area contributed by atoms with E-state index in [0.29, 0.717) is 16.4 Å². The Morgan fingerprint density at radius 2 is 2.11 bits per heavy atom. The minimum Gasteiger partial charge on any atom is -0.476 e. The van der Waals surface area contributed by atoms with Crippen LogP contribution in [-0.2, 0) is 0 Å². The molecule has 0 aliphatic heterocycles. The number of hydrogen-bond acceptors (Lipinski definition) is 3. The fourth-order valence-electron chi connectivity index (χ4n) is 1.81. The molecule has 1 heterocycles. The van der Waals surface area contributed by atoms with Crippen LogP contribution in [-0.4, -0.2) is 16.1 Å². The molecule has 1 aliphatic carbocycles. The van der Waals surface area contributed by atoms with Crippen molar-refractivity contribution in [3.63, 3.8) is 0 Å². The van der Waals surface area contributed by atoms with Gasteiger partial charge < -0.3 is 5.11 Å². The first kappa shape index (κ1) is 11.3. The summed E-state index contributed by atoms with van der Waals surface area (Å²) in [5, 5.41) is 9.97. The van der Waals surface area contributed by atoms with Gasteiger partial charge in [-0.2, -0.15) is 0 Å². The predicted octanol–water partition coefficient (Wildman–Crippen LogP) is 3.52. The van der Waals surface area contributed by atoms with Gasteiger partial charge in [0.05, 0.1) is 9.88 Å². The van der Waals surface area contributed by atoms with E-state index < -0.39 is 11.8 Å². The van der Waals surface area contributed by atoms with Gasteiger partial charge in [-0.3, -0.25) is 0 Å². The maximum atomic E-state index is 13.7. The molecule has 0 saturated heterocycles. The molecule has 0 unspecified atom stereocenters. The van der Waals surface area contributed by atoms with Crippen LogP contribution in [0.3, 0.4) is 0 Å². The van der Waals surface area contributed by atoms with Crippen LogP contribution >= 0.6 is 11.3 Å². The fourth-order valence-corrected chi connectivity index (χ4v) is 3.07. The van der Waals surface area contributed by atoms with Crippen molar-refractivity contribution in [1.82, 2.24) is 4.98 Å². The van der Waals surface area contributed by atoms with E-state index >= 15 is 0 Å². The summed E-state index contributed by atoms with van der Waals surface area (Å²) >= 11 is 1.29. The second-order valence-electron chi connectivity index (χ2n) is 4.29. The number of halogens is 1. The van der Waals surface area contributed by atoms with E-state index in [1.54, 1.807) is 18.2 Å². The SMILES string of the molecule is O=C(O)c1nc(C2CC2)sc1-c1ccccc1F. The normalized spacial score (nSPS) is 14.7. The largest absolute Gasteiger partial charge is 0.476 e. The lowest BCUT2D eigenvalue weighted by atomic mass is 10.1. The number of aromatic nitrogens is 1. The lowest BCUT2D eigenvalue weighted by molar-refractivity contribution is 0.0692. The van der Waals surface area contributed by atoms with Crippen molar-refractivity contribution in [2.45, 2.75) is 18.8 Å². The summed E-state index contributed by atoms with van der Waals surface area (Å²) in [4.78, 5) is 15.7. The van der Waals surface area contributed by atoms with Gasteiger partial charge in [0.1, 0.15) is 5.82 Å². The number of carboxylic acid groups (broad SMARTS) is 1. The average Bonchev–Trinajstić information content (AvgIpc) is 3.09. The van der Waals surface area contributed by atoms with Crippen molar-refractivity contribution < 1.29 is 14.3 Å². The van der Waals surface area contributed by atoms with E-state index in [2.05, 4.69) is 4.98 Å². The smallest absolute Gasteiger partial charge is 0.356 e. The highest BCUT2D eigenvalue weighted by Crippen LogP contribution is 2.45. The Morgan fingerprint density at radius 3 is 2.72 bits per heavy atom. The van der Waals surface area contributed by atoms with Crippen LogP contribution in [0.15, 0.2) is 24.3 Å². The molecular weight excluding hydrogens is 253 g/mol. The standard InChI is InChI=1S/C13H10FNO2S/c14-9-4-2-1-3-8(9)11-10(13(16)17)15-12(18-11)7-5-6-7/h1-4,7H,5-6H2,(H,16,17). The minimum absolute atomic E-state index is 0.0352. The zero-order valence-corrected chi connectivity index (χ0v) is 10.2. The molecule has 0 atom stereocenters. The first-order valence-electron chi connectivity index (χ1n) is 5.65. The van der Waals surface area contributed by atoms with Crippen LogP contribution in [0.2, 0.25) is 0 Å². The Bertz CT molecular complexity index is 619. The summed E-state index contributed by atoms with van der Waals surface area (Å²) < 4.78 is 13.7. The van der Waals surface area contributed by atoms with Crippen molar-refractivity contribution in [2.24, 2.45) is 0 Å². The number of nitrogens with zero attached hydrogens (tertiary/aromatic N) is 1. The van der Waals surface area contributed by atoms with E-state index in [4.69, 9.17) is 5.11 Å². The highest BCUT2D eigenvalue weighted by Gasteiger charge is 2.30. The van der Waals surface area contributed by atoms with E-state index in [0.717, 1.165) is 17.8 Å². The molecule has 0 bridgehead atoms. The third kappa shape index (κ3) is 1.90. The van der Waals surface area contributed by atoms with Crippen molar-refractivity contribution in [1.29, 1.82) is 0 Å². The van der Waals surface area contributed by atoms with Gasteiger partial charge in [0.25, 0.3) is 0 Å². The number of aromatic carboxylic acids is 1. The Balaban J connectivity index is 2.15. The number of rotatable bonds is 3. The Morgan fingerprint density at radius 1 is 1.39 bits per heavy atom. The highest BCUT2D eigenvalue weighted by atomic mass is 32.1. The average molecular weight is 263 g/mol. The van der Waals surface area contributed by atoms with Crippen LogP contribution in [0.5, 0.6) is 0 Å². The Kier molecular flexibility index (Phi) is 2.63. The minimum atomic E-state index is -1.10. The summed E-state index contributed by atoms with van der Waals surface area (Å²) in [6.45, 7) is 0. The predicted molar refractivity (Wildman–Crippen MR) is 66.4 cm³/mol. The second kappa shape index (κ2) is 4.17. The number of hydrogen-bond donors (Lipinski definition) is 1. The zero-order valence-electron chi connectivity index (χ0n) is 9.39. The molecule has 3 nitrogen and oxygen atoms in total. The van der Waals surface area contributed by atoms with E-state index in [1.165, 1.54) is 17.4 Å². The van der Waals surface area contributed by atoms with Crippen molar-refractivity contribution >= 4 is 17.3 Å². The number of carboxylic acids is 1. The highest BCUT2D eigenvalue weighted by molar-refractivity contribution is 7.15.